The third kappa shape index (κ3) is 4.39. The molecule has 0 aliphatic carbocycles. The molecule has 1 heterocycles. The van der Waals surface area contributed by atoms with Gasteiger partial charge in [-0.2, -0.15) is 4.98 Å². The Kier molecular flexibility index (Phi) is 4.91. The molecule has 0 bridgehead atoms. The molecule has 0 fully saturated rings. The first-order chi connectivity index (χ1) is 7.61. The highest BCUT2D eigenvalue weighted by Gasteiger charge is 2.09. The van der Waals surface area contributed by atoms with E-state index < -0.39 is 5.97 Å². The average Bonchev–Trinajstić information content (AvgIpc) is 2.63. The molecule has 16 heavy (non-hydrogen) atoms. The molecule has 90 valence electrons. The molecule has 0 amide bonds. The van der Waals surface area contributed by atoms with Crippen molar-refractivity contribution >= 4 is 5.97 Å². The van der Waals surface area contributed by atoms with E-state index in [1.54, 1.807) is 0 Å². The molecule has 0 aliphatic rings. The van der Waals surface area contributed by atoms with Crippen molar-refractivity contribution in [3.8, 4) is 0 Å². The van der Waals surface area contributed by atoms with Crippen molar-refractivity contribution in [1.82, 2.24) is 15.0 Å². The number of aryl methyl sites for hydroxylation is 1. The first kappa shape index (κ1) is 12.6. The lowest BCUT2D eigenvalue weighted by Gasteiger charge is -2.11. The summed E-state index contributed by atoms with van der Waals surface area (Å²) in [7, 11) is 1.83. The van der Waals surface area contributed by atoms with Crippen LogP contribution in [0.2, 0.25) is 0 Å². The molecule has 1 N–H and O–H groups in total. The highest BCUT2D eigenvalue weighted by atomic mass is 16.5. The van der Waals surface area contributed by atoms with Crippen molar-refractivity contribution in [2.24, 2.45) is 0 Å². The quantitative estimate of drug-likeness (QED) is 0.746. The Morgan fingerprint density at radius 2 is 2.31 bits per heavy atom. The average molecular weight is 227 g/mol. The van der Waals surface area contributed by atoms with Gasteiger partial charge in [0.15, 0.2) is 5.82 Å². The minimum Gasteiger partial charge on any atom is -0.481 e. The van der Waals surface area contributed by atoms with Crippen LogP contribution in [0.5, 0.6) is 0 Å². The fourth-order valence-corrected chi connectivity index (χ4v) is 1.28. The highest BCUT2D eigenvalue weighted by molar-refractivity contribution is 5.66. The van der Waals surface area contributed by atoms with Gasteiger partial charge in [0.1, 0.15) is 0 Å². The maximum atomic E-state index is 10.4. The molecule has 0 unspecified atom stereocenters. The van der Waals surface area contributed by atoms with Crippen LogP contribution in [-0.2, 0) is 17.8 Å². The van der Waals surface area contributed by atoms with Crippen LogP contribution in [-0.4, -0.2) is 39.7 Å². The lowest BCUT2D eigenvalue weighted by atomic mass is 10.3. The smallest absolute Gasteiger partial charge is 0.304 e. The van der Waals surface area contributed by atoms with Crippen molar-refractivity contribution in [2.45, 2.75) is 32.7 Å². The third-order valence-corrected chi connectivity index (χ3v) is 2.10. The second kappa shape index (κ2) is 6.22. The Labute approximate surface area is 94.3 Å². The van der Waals surface area contributed by atoms with Crippen LogP contribution in [0.4, 0.5) is 0 Å². The fourth-order valence-electron chi connectivity index (χ4n) is 1.28. The lowest BCUT2D eigenvalue weighted by Crippen LogP contribution is -2.21. The largest absolute Gasteiger partial charge is 0.481 e. The summed E-state index contributed by atoms with van der Waals surface area (Å²) in [6.07, 6.45) is 1.91. The molecule has 0 saturated heterocycles. The second-order valence-electron chi connectivity index (χ2n) is 3.74. The summed E-state index contributed by atoms with van der Waals surface area (Å²) in [5.41, 5.74) is 0. The molecule has 0 aliphatic heterocycles. The van der Waals surface area contributed by atoms with Crippen LogP contribution < -0.4 is 0 Å². The summed E-state index contributed by atoms with van der Waals surface area (Å²) in [4.78, 5) is 16.4. The maximum Gasteiger partial charge on any atom is 0.304 e. The number of hydrogen-bond acceptors (Lipinski definition) is 5. The van der Waals surface area contributed by atoms with Gasteiger partial charge in [0, 0.05) is 13.0 Å². The first-order valence-electron chi connectivity index (χ1n) is 5.33. The Morgan fingerprint density at radius 3 is 2.94 bits per heavy atom. The third-order valence-electron chi connectivity index (χ3n) is 2.10. The van der Waals surface area contributed by atoms with Gasteiger partial charge in [-0.25, -0.2) is 0 Å². The van der Waals surface area contributed by atoms with Crippen molar-refractivity contribution in [1.29, 1.82) is 0 Å². The fraction of sp³-hybridized carbons (Fsp3) is 0.700. The first-order valence-corrected chi connectivity index (χ1v) is 5.33. The Hall–Kier alpha value is -1.43. The molecule has 1 aromatic rings. The van der Waals surface area contributed by atoms with E-state index >= 15 is 0 Å². The molecule has 0 atom stereocenters. The van der Waals surface area contributed by atoms with E-state index in [1.807, 2.05) is 11.9 Å². The van der Waals surface area contributed by atoms with E-state index in [9.17, 15) is 4.79 Å². The van der Waals surface area contributed by atoms with E-state index in [4.69, 9.17) is 9.63 Å². The number of hydrogen-bond donors (Lipinski definition) is 1. The summed E-state index contributed by atoms with van der Waals surface area (Å²) in [6.45, 7) is 3.01. The van der Waals surface area contributed by atoms with Crippen molar-refractivity contribution < 1.29 is 14.4 Å². The second-order valence-corrected chi connectivity index (χ2v) is 3.74. The summed E-state index contributed by atoms with van der Waals surface area (Å²) < 4.78 is 5.04. The summed E-state index contributed by atoms with van der Waals surface area (Å²) >= 11 is 0. The van der Waals surface area contributed by atoms with Crippen LogP contribution >= 0.6 is 0 Å². The molecule has 1 aromatic heterocycles. The minimum atomic E-state index is -0.802. The molecule has 0 saturated carbocycles. The van der Waals surface area contributed by atoms with Crippen LogP contribution in [0.1, 0.15) is 31.5 Å². The Bertz CT molecular complexity index is 338. The number of nitrogens with zero attached hydrogens (tertiary/aromatic N) is 3. The van der Waals surface area contributed by atoms with Gasteiger partial charge < -0.3 is 9.63 Å². The number of aliphatic carboxylic acids is 1. The Morgan fingerprint density at radius 1 is 1.56 bits per heavy atom. The Balaban J connectivity index is 2.37. The number of rotatable bonds is 7. The van der Waals surface area contributed by atoms with Crippen LogP contribution in [0, 0.1) is 0 Å². The summed E-state index contributed by atoms with van der Waals surface area (Å²) in [5, 5.41) is 12.3. The van der Waals surface area contributed by atoms with Gasteiger partial charge in [0.2, 0.25) is 5.89 Å². The van der Waals surface area contributed by atoms with Crippen molar-refractivity contribution in [3.63, 3.8) is 0 Å². The van der Waals surface area contributed by atoms with Crippen LogP contribution in [0.3, 0.4) is 0 Å². The van der Waals surface area contributed by atoms with Gasteiger partial charge in [-0.05, 0) is 13.5 Å². The normalized spacial score (nSPS) is 10.9. The number of aromatic nitrogens is 2. The molecular weight excluding hydrogens is 210 g/mol. The van der Waals surface area contributed by atoms with E-state index in [2.05, 4.69) is 17.1 Å². The summed E-state index contributed by atoms with van der Waals surface area (Å²) in [5.74, 6) is 0.449. The molecular formula is C10H17N3O3. The van der Waals surface area contributed by atoms with Gasteiger partial charge in [-0.15, -0.1) is 0 Å². The number of carboxylic acid groups (broad SMARTS) is 1. The molecule has 6 heteroatoms. The van der Waals surface area contributed by atoms with Gasteiger partial charge in [-0.1, -0.05) is 12.1 Å². The van der Waals surface area contributed by atoms with Gasteiger partial charge >= 0.3 is 5.97 Å². The van der Waals surface area contributed by atoms with Crippen LogP contribution in [0.15, 0.2) is 4.52 Å². The minimum absolute atomic E-state index is 0.118. The standard InChI is InChI=1S/C10H17N3O3/c1-3-4-8-11-9(16-12-8)7-13(2)6-5-10(14)15/h3-7H2,1-2H3,(H,14,15). The molecule has 1 rings (SSSR count). The van der Waals surface area contributed by atoms with Gasteiger partial charge in [0.05, 0.1) is 13.0 Å². The lowest BCUT2D eigenvalue weighted by molar-refractivity contribution is -0.137. The van der Waals surface area contributed by atoms with E-state index in [1.165, 1.54) is 0 Å². The zero-order chi connectivity index (χ0) is 12.0. The van der Waals surface area contributed by atoms with E-state index in [0.29, 0.717) is 24.8 Å². The van der Waals surface area contributed by atoms with Gasteiger partial charge in [-0.3, -0.25) is 9.69 Å². The van der Waals surface area contributed by atoms with E-state index in [0.717, 1.165) is 12.8 Å². The SMILES string of the molecule is CCCc1noc(CN(C)CCC(=O)O)n1. The number of carboxylic acids is 1. The predicted molar refractivity (Wildman–Crippen MR) is 56.9 cm³/mol. The topological polar surface area (TPSA) is 79.5 Å². The monoisotopic (exact) mass is 227 g/mol. The molecule has 0 spiro atoms. The van der Waals surface area contributed by atoms with Crippen LogP contribution in [0.25, 0.3) is 0 Å². The molecule has 0 radical (unpaired) electrons. The molecule has 6 nitrogen and oxygen atoms in total. The number of carbonyl (C=O) groups is 1. The zero-order valence-corrected chi connectivity index (χ0v) is 9.64. The predicted octanol–water partition coefficient (Wildman–Crippen LogP) is 0.929. The zero-order valence-electron chi connectivity index (χ0n) is 9.64. The van der Waals surface area contributed by atoms with Crippen molar-refractivity contribution in [3.05, 3.63) is 11.7 Å². The summed E-state index contributed by atoms with van der Waals surface area (Å²) in [6, 6.07) is 0. The van der Waals surface area contributed by atoms with Gasteiger partial charge in [0.25, 0.3) is 0 Å². The highest BCUT2D eigenvalue weighted by Crippen LogP contribution is 2.03. The van der Waals surface area contributed by atoms with E-state index in [-0.39, 0.29) is 6.42 Å². The van der Waals surface area contributed by atoms with Crippen molar-refractivity contribution in [2.75, 3.05) is 13.6 Å². The maximum absolute atomic E-state index is 10.4. The molecule has 0 aromatic carbocycles.